The average Bonchev–Trinajstić information content (AvgIpc) is 2.35. The maximum atomic E-state index is 5.70. The third kappa shape index (κ3) is 5.87. The Kier molecular flexibility index (Phi) is 7.18. The number of rotatable bonds is 9. The molecule has 0 aliphatic heterocycles. The van der Waals surface area contributed by atoms with Crippen molar-refractivity contribution in [3.63, 3.8) is 0 Å². The van der Waals surface area contributed by atoms with Crippen LogP contribution in [0.15, 0.2) is 18.3 Å². The number of nitrogens with zero attached hydrogens (tertiary/aromatic N) is 1. The fraction of sp³-hybridized carbons (Fsp3) is 0.643. The van der Waals surface area contributed by atoms with Crippen molar-refractivity contribution in [3.05, 3.63) is 18.3 Å². The fourth-order valence-corrected chi connectivity index (χ4v) is 1.63. The monoisotopic (exact) mass is 252 g/mol. The van der Waals surface area contributed by atoms with E-state index in [0.717, 1.165) is 44.0 Å². The van der Waals surface area contributed by atoms with Crippen molar-refractivity contribution in [1.82, 2.24) is 4.98 Å². The summed E-state index contributed by atoms with van der Waals surface area (Å²) >= 11 is 0. The molecule has 0 saturated heterocycles. The van der Waals surface area contributed by atoms with E-state index in [0.29, 0.717) is 0 Å². The third-order valence-corrected chi connectivity index (χ3v) is 2.45. The van der Waals surface area contributed by atoms with Gasteiger partial charge in [0, 0.05) is 26.5 Å². The molecule has 18 heavy (non-hydrogen) atoms. The molecule has 0 atom stereocenters. The van der Waals surface area contributed by atoms with Gasteiger partial charge in [0.05, 0.1) is 6.10 Å². The molecular formula is C14H24N2O2. The van der Waals surface area contributed by atoms with Crippen molar-refractivity contribution >= 4 is 5.82 Å². The number of nitrogens with one attached hydrogen (secondary N) is 1. The Morgan fingerprint density at radius 2 is 2.11 bits per heavy atom. The molecule has 4 nitrogen and oxygen atoms in total. The quantitative estimate of drug-likeness (QED) is 0.686. The lowest BCUT2D eigenvalue weighted by atomic mass is 10.2. The molecule has 0 amide bonds. The zero-order valence-electron chi connectivity index (χ0n) is 11.6. The van der Waals surface area contributed by atoms with Gasteiger partial charge in [-0.2, -0.15) is 0 Å². The summed E-state index contributed by atoms with van der Waals surface area (Å²) in [6, 6.07) is 3.84. The molecule has 0 unspecified atom stereocenters. The van der Waals surface area contributed by atoms with E-state index in [-0.39, 0.29) is 6.10 Å². The van der Waals surface area contributed by atoms with E-state index in [9.17, 15) is 0 Å². The Balaban J connectivity index is 2.32. The number of unbranched alkanes of at least 4 members (excludes halogenated alkanes) is 2. The summed E-state index contributed by atoms with van der Waals surface area (Å²) in [6.07, 6.45) is 5.32. The van der Waals surface area contributed by atoms with Crippen molar-refractivity contribution in [2.45, 2.75) is 39.2 Å². The SMILES string of the molecule is COCCCCCNc1ncccc1OC(C)C. The average molecular weight is 252 g/mol. The predicted molar refractivity (Wildman–Crippen MR) is 74.2 cm³/mol. The Labute approximate surface area is 110 Å². The summed E-state index contributed by atoms with van der Waals surface area (Å²) in [6.45, 7) is 5.78. The fourth-order valence-electron chi connectivity index (χ4n) is 1.63. The lowest BCUT2D eigenvalue weighted by molar-refractivity contribution is 0.192. The van der Waals surface area contributed by atoms with E-state index in [2.05, 4.69) is 10.3 Å². The van der Waals surface area contributed by atoms with Gasteiger partial charge >= 0.3 is 0 Å². The summed E-state index contributed by atoms with van der Waals surface area (Å²) in [5.41, 5.74) is 0. The minimum absolute atomic E-state index is 0.163. The molecule has 102 valence electrons. The highest BCUT2D eigenvalue weighted by molar-refractivity contribution is 5.49. The van der Waals surface area contributed by atoms with Crippen molar-refractivity contribution in [2.24, 2.45) is 0 Å². The van der Waals surface area contributed by atoms with Crippen molar-refractivity contribution in [3.8, 4) is 5.75 Å². The molecule has 4 heteroatoms. The van der Waals surface area contributed by atoms with Gasteiger partial charge in [0.1, 0.15) is 0 Å². The Hall–Kier alpha value is -1.29. The van der Waals surface area contributed by atoms with Gasteiger partial charge in [0.25, 0.3) is 0 Å². The van der Waals surface area contributed by atoms with E-state index in [4.69, 9.17) is 9.47 Å². The molecule has 1 aromatic rings. The van der Waals surface area contributed by atoms with Crippen LogP contribution in [0.5, 0.6) is 5.75 Å². The van der Waals surface area contributed by atoms with Crippen LogP contribution in [0.1, 0.15) is 33.1 Å². The molecule has 0 saturated carbocycles. The first kappa shape index (κ1) is 14.8. The number of hydrogen-bond donors (Lipinski definition) is 1. The maximum Gasteiger partial charge on any atom is 0.168 e. The smallest absolute Gasteiger partial charge is 0.168 e. The topological polar surface area (TPSA) is 43.4 Å². The first-order valence-electron chi connectivity index (χ1n) is 6.58. The van der Waals surface area contributed by atoms with E-state index in [1.807, 2.05) is 26.0 Å². The third-order valence-electron chi connectivity index (χ3n) is 2.45. The van der Waals surface area contributed by atoms with Crippen molar-refractivity contribution in [2.75, 3.05) is 25.6 Å². The van der Waals surface area contributed by atoms with Gasteiger partial charge in [0.15, 0.2) is 11.6 Å². The molecule has 1 heterocycles. The Morgan fingerprint density at radius 1 is 1.28 bits per heavy atom. The highest BCUT2D eigenvalue weighted by atomic mass is 16.5. The molecular weight excluding hydrogens is 228 g/mol. The molecule has 0 radical (unpaired) electrons. The number of methoxy groups -OCH3 is 1. The Morgan fingerprint density at radius 3 is 2.83 bits per heavy atom. The van der Waals surface area contributed by atoms with Crippen LogP contribution < -0.4 is 10.1 Å². The minimum Gasteiger partial charge on any atom is -0.487 e. The largest absolute Gasteiger partial charge is 0.487 e. The zero-order chi connectivity index (χ0) is 13.2. The van der Waals surface area contributed by atoms with Gasteiger partial charge in [-0.1, -0.05) is 0 Å². The summed E-state index contributed by atoms with van der Waals surface area (Å²) < 4.78 is 10.7. The first-order chi connectivity index (χ1) is 8.74. The molecule has 0 fully saturated rings. The molecule has 1 N–H and O–H groups in total. The van der Waals surface area contributed by atoms with Crippen LogP contribution in [0.4, 0.5) is 5.82 Å². The van der Waals surface area contributed by atoms with Gasteiger partial charge in [-0.05, 0) is 45.2 Å². The van der Waals surface area contributed by atoms with Crippen LogP contribution in [-0.4, -0.2) is 31.3 Å². The molecule has 1 aromatic heterocycles. The number of hydrogen-bond acceptors (Lipinski definition) is 4. The van der Waals surface area contributed by atoms with Gasteiger partial charge < -0.3 is 14.8 Å². The van der Waals surface area contributed by atoms with Crippen LogP contribution in [0.2, 0.25) is 0 Å². The lowest BCUT2D eigenvalue weighted by Gasteiger charge is -2.14. The number of pyridine rings is 1. The zero-order valence-corrected chi connectivity index (χ0v) is 11.6. The molecule has 0 aliphatic rings. The van der Waals surface area contributed by atoms with Crippen molar-refractivity contribution in [1.29, 1.82) is 0 Å². The second-order valence-corrected chi connectivity index (χ2v) is 4.50. The summed E-state index contributed by atoms with van der Waals surface area (Å²) in [5.74, 6) is 1.65. The predicted octanol–water partition coefficient (Wildman–Crippen LogP) is 3.10. The highest BCUT2D eigenvalue weighted by Crippen LogP contribution is 2.21. The first-order valence-corrected chi connectivity index (χ1v) is 6.58. The second kappa shape index (κ2) is 8.75. The van der Waals surface area contributed by atoms with Crippen LogP contribution in [0, 0.1) is 0 Å². The molecule has 0 aliphatic carbocycles. The van der Waals surface area contributed by atoms with Crippen LogP contribution >= 0.6 is 0 Å². The second-order valence-electron chi connectivity index (χ2n) is 4.50. The summed E-state index contributed by atoms with van der Waals surface area (Å²) in [5, 5.41) is 3.32. The van der Waals surface area contributed by atoms with Gasteiger partial charge in [-0.25, -0.2) is 4.98 Å². The highest BCUT2D eigenvalue weighted by Gasteiger charge is 2.05. The number of ether oxygens (including phenoxy) is 2. The molecule has 1 rings (SSSR count). The molecule has 0 aromatic carbocycles. The van der Waals surface area contributed by atoms with Crippen molar-refractivity contribution < 1.29 is 9.47 Å². The van der Waals surface area contributed by atoms with Crippen LogP contribution in [0.3, 0.4) is 0 Å². The molecule has 0 bridgehead atoms. The van der Waals surface area contributed by atoms with E-state index < -0.39 is 0 Å². The van der Waals surface area contributed by atoms with E-state index >= 15 is 0 Å². The minimum atomic E-state index is 0.163. The summed E-state index contributed by atoms with van der Waals surface area (Å²) in [7, 11) is 1.74. The van der Waals surface area contributed by atoms with Gasteiger partial charge in [0.2, 0.25) is 0 Å². The normalized spacial score (nSPS) is 10.7. The Bertz CT molecular complexity index is 329. The maximum absolute atomic E-state index is 5.70. The van der Waals surface area contributed by atoms with Gasteiger partial charge in [-0.15, -0.1) is 0 Å². The van der Waals surface area contributed by atoms with Crippen LogP contribution in [0.25, 0.3) is 0 Å². The summed E-state index contributed by atoms with van der Waals surface area (Å²) in [4.78, 5) is 4.30. The number of anilines is 1. The standard InChI is InChI=1S/C14H24N2O2/c1-12(2)18-13-8-7-10-16-14(13)15-9-5-4-6-11-17-3/h7-8,10,12H,4-6,9,11H2,1-3H3,(H,15,16). The van der Waals surface area contributed by atoms with E-state index in [1.54, 1.807) is 13.3 Å². The van der Waals surface area contributed by atoms with E-state index in [1.165, 1.54) is 0 Å². The van der Waals surface area contributed by atoms with Crippen LogP contribution in [-0.2, 0) is 4.74 Å². The molecule has 0 spiro atoms. The lowest BCUT2D eigenvalue weighted by Crippen LogP contribution is -2.10. The van der Waals surface area contributed by atoms with Gasteiger partial charge in [-0.3, -0.25) is 0 Å². The number of aromatic nitrogens is 1.